The van der Waals surface area contributed by atoms with Gasteiger partial charge in [0.25, 0.3) is 30.4 Å². The highest BCUT2D eigenvalue weighted by molar-refractivity contribution is 7.85. The van der Waals surface area contributed by atoms with Crippen LogP contribution in [0.5, 0.6) is 0 Å². The molecule has 0 fully saturated rings. The smallest absolute Gasteiger partial charge is 0.261 e. The summed E-state index contributed by atoms with van der Waals surface area (Å²) < 4.78 is 77.6. The topological polar surface area (TPSA) is 224 Å². The molecule has 0 atom stereocenters. The van der Waals surface area contributed by atoms with Gasteiger partial charge in [-0.3, -0.25) is 13.7 Å². The average molecular weight is 457 g/mol. The third kappa shape index (κ3) is 45.7. The third-order valence-electron chi connectivity index (χ3n) is 1.66. The van der Waals surface area contributed by atoms with E-state index >= 15 is 0 Å². The van der Waals surface area contributed by atoms with E-state index in [9.17, 15) is 25.3 Å². The third-order valence-corrected chi connectivity index (χ3v) is 1.66. The quantitative estimate of drug-likeness (QED) is 0.291. The highest BCUT2D eigenvalue weighted by Gasteiger charge is 1.98. The van der Waals surface area contributed by atoms with Gasteiger partial charge in [0.2, 0.25) is 0 Å². The van der Waals surface area contributed by atoms with Crippen molar-refractivity contribution in [3.63, 3.8) is 0 Å². The lowest BCUT2D eigenvalue weighted by molar-refractivity contribution is 0.269. The Labute approximate surface area is 158 Å². The van der Waals surface area contributed by atoms with E-state index < -0.39 is 30.4 Å². The molecule has 1 aromatic rings. The first kappa shape index (κ1) is 30.6. The molecule has 0 saturated heterocycles. The van der Waals surface area contributed by atoms with Crippen LogP contribution in [0.15, 0.2) is 18.2 Å². The van der Waals surface area contributed by atoms with Gasteiger partial charge in [0, 0.05) is 0 Å². The number of rotatable bonds is 3. The summed E-state index contributed by atoms with van der Waals surface area (Å²) in [4.78, 5) is 0. The number of hydrogen-bond donors (Lipinski definition) is 6. The maximum absolute atomic E-state index is 9.19. The van der Waals surface area contributed by atoms with E-state index in [-0.39, 0.29) is 19.8 Å². The van der Waals surface area contributed by atoms with Crippen LogP contribution in [-0.4, -0.2) is 73.0 Å². The van der Waals surface area contributed by atoms with Crippen molar-refractivity contribution in [3.8, 4) is 0 Å². The molecule has 0 unspecified atom stereocenters. The molecule has 0 aliphatic carbocycles. The molecule has 6 N–H and O–H groups in total. The fourth-order valence-corrected chi connectivity index (χ4v) is 1.11. The van der Waals surface area contributed by atoms with E-state index in [1.807, 2.05) is 0 Å². The molecule has 0 amide bonds. The average Bonchev–Trinajstić information content (AvgIpc) is 2.41. The van der Waals surface area contributed by atoms with Crippen molar-refractivity contribution < 1.29 is 54.2 Å². The standard InChI is InChI=1S/C9H12O3.3CH4O3S/c10-4-7-1-8(5-11)3-9(2-7)6-12;3*1-5(2,3)4/h1-3,10-12H,4-6H2;3*1H3,(H,2,3,4). The van der Waals surface area contributed by atoms with Crippen LogP contribution in [0, 0.1) is 0 Å². The maximum Gasteiger partial charge on any atom is 0.261 e. The summed E-state index contributed by atoms with van der Waals surface area (Å²) >= 11 is 0. The molecule has 162 valence electrons. The first-order valence-corrected chi connectivity index (χ1v) is 12.1. The van der Waals surface area contributed by atoms with Gasteiger partial charge in [0.1, 0.15) is 0 Å². The Hall–Kier alpha value is -1.17. The minimum absolute atomic E-state index is 0.0686. The van der Waals surface area contributed by atoms with Gasteiger partial charge in [-0.25, -0.2) is 0 Å². The Balaban J connectivity index is -0.000000323. The maximum atomic E-state index is 9.19. The Morgan fingerprint density at radius 1 is 0.556 bits per heavy atom. The van der Waals surface area contributed by atoms with E-state index in [4.69, 9.17) is 29.0 Å². The van der Waals surface area contributed by atoms with Gasteiger partial charge < -0.3 is 15.3 Å². The molecule has 0 radical (unpaired) electrons. The number of benzene rings is 1. The summed E-state index contributed by atoms with van der Waals surface area (Å²) in [6.45, 7) is -0.206. The molecule has 12 nitrogen and oxygen atoms in total. The SMILES string of the molecule is CS(=O)(=O)O.CS(=O)(=O)O.CS(=O)(=O)O.OCc1cc(CO)cc(CO)c1. The van der Waals surface area contributed by atoms with Crippen LogP contribution >= 0.6 is 0 Å². The van der Waals surface area contributed by atoms with Crippen LogP contribution in [0.25, 0.3) is 0 Å². The van der Waals surface area contributed by atoms with E-state index in [0.29, 0.717) is 35.5 Å². The fraction of sp³-hybridized carbons (Fsp3) is 0.500. The van der Waals surface area contributed by atoms with Gasteiger partial charge in [-0.15, -0.1) is 0 Å². The van der Waals surface area contributed by atoms with E-state index in [1.54, 1.807) is 18.2 Å². The Kier molecular flexibility index (Phi) is 15.7. The molecule has 0 aliphatic rings. The van der Waals surface area contributed by atoms with Gasteiger partial charge >= 0.3 is 0 Å². The lowest BCUT2D eigenvalue weighted by Crippen LogP contribution is -1.93. The minimum atomic E-state index is -3.67. The summed E-state index contributed by atoms with van der Waals surface area (Å²) in [7, 11) is -11.0. The Morgan fingerprint density at radius 3 is 0.741 bits per heavy atom. The highest BCUT2D eigenvalue weighted by atomic mass is 32.2. The molecular weight excluding hydrogens is 432 g/mol. The molecule has 15 heteroatoms. The summed E-state index contributed by atoms with van der Waals surface area (Å²) in [6.07, 6.45) is 2.15. The number of hydrogen-bond acceptors (Lipinski definition) is 9. The lowest BCUT2D eigenvalue weighted by Gasteiger charge is -2.03. The van der Waals surface area contributed by atoms with Crippen molar-refractivity contribution in [3.05, 3.63) is 34.9 Å². The monoisotopic (exact) mass is 456 g/mol. The summed E-state index contributed by atoms with van der Waals surface area (Å²) in [6, 6.07) is 5.12. The van der Waals surface area contributed by atoms with Crippen LogP contribution in [0.2, 0.25) is 0 Å². The van der Waals surface area contributed by atoms with Crippen LogP contribution in [0.4, 0.5) is 0 Å². The highest BCUT2D eigenvalue weighted by Crippen LogP contribution is 2.10. The molecule has 0 aliphatic heterocycles. The van der Waals surface area contributed by atoms with Crippen molar-refractivity contribution in [2.75, 3.05) is 18.8 Å². The van der Waals surface area contributed by atoms with Gasteiger partial charge in [-0.1, -0.05) is 18.2 Å². The van der Waals surface area contributed by atoms with Crippen LogP contribution in [0.3, 0.4) is 0 Å². The van der Waals surface area contributed by atoms with Gasteiger partial charge in [-0.2, -0.15) is 25.3 Å². The van der Waals surface area contributed by atoms with Crippen molar-refractivity contribution in [2.24, 2.45) is 0 Å². The van der Waals surface area contributed by atoms with Crippen LogP contribution in [-0.2, 0) is 50.2 Å². The van der Waals surface area contributed by atoms with Crippen molar-refractivity contribution in [1.29, 1.82) is 0 Å². The Bertz CT molecular complexity index is 691. The first-order valence-electron chi connectivity index (χ1n) is 6.51. The summed E-state index contributed by atoms with van der Waals surface area (Å²) in [5.74, 6) is 0. The van der Waals surface area contributed by atoms with Gasteiger partial charge in [-0.05, 0) is 16.7 Å². The second kappa shape index (κ2) is 13.9. The molecule has 1 aromatic carbocycles. The lowest BCUT2D eigenvalue weighted by atomic mass is 10.1. The van der Waals surface area contributed by atoms with Crippen molar-refractivity contribution in [2.45, 2.75) is 19.8 Å². The molecule has 0 aromatic heterocycles. The largest absolute Gasteiger partial charge is 0.392 e. The molecule has 0 bridgehead atoms. The summed E-state index contributed by atoms with van der Waals surface area (Å²) in [5, 5.41) is 26.4. The number of aliphatic hydroxyl groups is 3. The predicted octanol–water partition coefficient (Wildman–Crippen LogP) is -1.32. The minimum Gasteiger partial charge on any atom is -0.392 e. The van der Waals surface area contributed by atoms with Gasteiger partial charge in [0.15, 0.2) is 0 Å². The zero-order valence-electron chi connectivity index (χ0n) is 14.7. The van der Waals surface area contributed by atoms with Crippen molar-refractivity contribution in [1.82, 2.24) is 0 Å². The molecule has 0 heterocycles. The zero-order chi connectivity index (χ0) is 22.5. The normalized spacial score (nSPS) is 11.0. The summed E-state index contributed by atoms with van der Waals surface area (Å²) in [5.41, 5.74) is 2.14. The second-order valence-corrected chi connectivity index (χ2v) is 9.23. The zero-order valence-corrected chi connectivity index (χ0v) is 17.2. The first-order chi connectivity index (χ1) is 11.8. The predicted molar refractivity (Wildman–Crippen MR) is 96.6 cm³/mol. The fourth-order valence-electron chi connectivity index (χ4n) is 1.11. The van der Waals surface area contributed by atoms with Crippen LogP contribution < -0.4 is 0 Å². The van der Waals surface area contributed by atoms with Crippen LogP contribution in [0.1, 0.15) is 16.7 Å². The molecule has 0 saturated carbocycles. The van der Waals surface area contributed by atoms with E-state index in [0.717, 1.165) is 0 Å². The molecule has 1 rings (SSSR count). The van der Waals surface area contributed by atoms with Gasteiger partial charge in [0.05, 0.1) is 38.6 Å². The Morgan fingerprint density at radius 2 is 0.667 bits per heavy atom. The van der Waals surface area contributed by atoms with E-state index in [2.05, 4.69) is 0 Å². The molecular formula is C12H24O12S3. The molecule has 0 spiro atoms. The second-order valence-electron chi connectivity index (χ2n) is 4.83. The molecule has 27 heavy (non-hydrogen) atoms. The van der Waals surface area contributed by atoms with E-state index in [1.165, 1.54) is 0 Å². The number of aliphatic hydroxyl groups excluding tert-OH is 3. The van der Waals surface area contributed by atoms with Crippen molar-refractivity contribution >= 4 is 30.4 Å².